The van der Waals surface area contributed by atoms with E-state index in [1.54, 1.807) is 0 Å². The van der Waals surface area contributed by atoms with Crippen LogP contribution in [0.4, 0.5) is 0 Å². The number of hydrogen-bond acceptors (Lipinski definition) is 3. The molecule has 0 radical (unpaired) electrons. The molecule has 0 bridgehead atoms. The SMILES string of the molecule is O=Cc1cc(Cl)c(Cl)cc1C(O)O. The zero-order valence-electron chi connectivity index (χ0n) is 6.37. The van der Waals surface area contributed by atoms with Gasteiger partial charge in [-0.3, -0.25) is 4.79 Å². The summed E-state index contributed by atoms with van der Waals surface area (Å²) in [6, 6.07) is 2.53. The molecule has 1 aromatic carbocycles. The smallest absolute Gasteiger partial charge is 0.179 e. The van der Waals surface area contributed by atoms with E-state index in [2.05, 4.69) is 0 Å². The molecule has 0 atom stereocenters. The lowest BCUT2D eigenvalue weighted by molar-refractivity contribution is -0.0428. The van der Waals surface area contributed by atoms with Crippen LogP contribution in [0.25, 0.3) is 0 Å². The first-order chi connectivity index (χ1) is 6.06. The maximum absolute atomic E-state index is 10.5. The van der Waals surface area contributed by atoms with Gasteiger partial charge in [0.05, 0.1) is 10.0 Å². The Bertz CT molecular complexity index is 336. The molecular weight excluding hydrogens is 215 g/mol. The topological polar surface area (TPSA) is 57.5 Å². The van der Waals surface area contributed by atoms with Gasteiger partial charge in [-0.2, -0.15) is 0 Å². The third kappa shape index (κ3) is 2.19. The third-order valence-electron chi connectivity index (χ3n) is 1.53. The summed E-state index contributed by atoms with van der Waals surface area (Å²) in [6.07, 6.45) is -1.24. The zero-order chi connectivity index (χ0) is 10.0. The predicted octanol–water partition coefficient (Wildman–Crippen LogP) is 1.79. The molecule has 70 valence electrons. The summed E-state index contributed by atoms with van der Waals surface area (Å²) in [6.45, 7) is 0. The van der Waals surface area contributed by atoms with Gasteiger partial charge in [-0.25, -0.2) is 0 Å². The highest BCUT2D eigenvalue weighted by atomic mass is 35.5. The number of aliphatic hydroxyl groups excluding tert-OH is 1. The van der Waals surface area contributed by atoms with Crippen LogP contribution in [0.3, 0.4) is 0 Å². The van der Waals surface area contributed by atoms with Gasteiger partial charge in [-0.05, 0) is 12.1 Å². The summed E-state index contributed by atoms with van der Waals surface area (Å²) in [4.78, 5) is 10.5. The van der Waals surface area contributed by atoms with E-state index in [9.17, 15) is 4.79 Å². The average molecular weight is 221 g/mol. The van der Waals surface area contributed by atoms with Gasteiger partial charge in [0.25, 0.3) is 0 Å². The summed E-state index contributed by atoms with van der Waals surface area (Å²) in [5, 5.41) is 18.1. The largest absolute Gasteiger partial charge is 0.364 e. The normalized spacial score (nSPS) is 10.5. The van der Waals surface area contributed by atoms with E-state index in [4.69, 9.17) is 33.4 Å². The monoisotopic (exact) mass is 220 g/mol. The van der Waals surface area contributed by atoms with Crippen molar-refractivity contribution in [3.05, 3.63) is 33.3 Å². The van der Waals surface area contributed by atoms with Gasteiger partial charge in [0.15, 0.2) is 12.6 Å². The number of aliphatic hydroxyl groups is 2. The standard InChI is InChI=1S/C8H6Cl2O3/c9-6-1-4(3-11)5(8(12)13)2-7(6)10/h1-3,8,12-13H. The molecule has 0 spiro atoms. The zero-order valence-corrected chi connectivity index (χ0v) is 7.88. The van der Waals surface area contributed by atoms with Gasteiger partial charge in [-0.15, -0.1) is 0 Å². The molecular formula is C8H6Cl2O3. The molecule has 0 amide bonds. The molecule has 2 N–H and O–H groups in total. The number of carbonyl (C=O) groups excluding carboxylic acids is 1. The van der Waals surface area contributed by atoms with Gasteiger partial charge in [0.2, 0.25) is 0 Å². The Morgan fingerprint density at radius 1 is 1.23 bits per heavy atom. The number of carbonyl (C=O) groups is 1. The lowest BCUT2D eigenvalue weighted by atomic mass is 10.1. The van der Waals surface area contributed by atoms with Crippen molar-refractivity contribution in [1.29, 1.82) is 0 Å². The van der Waals surface area contributed by atoms with Gasteiger partial charge >= 0.3 is 0 Å². The summed E-state index contributed by atoms with van der Waals surface area (Å²) >= 11 is 11.2. The van der Waals surface area contributed by atoms with Crippen LogP contribution in [-0.2, 0) is 0 Å². The number of benzene rings is 1. The number of rotatable bonds is 2. The van der Waals surface area contributed by atoms with Crippen molar-refractivity contribution in [3.8, 4) is 0 Å². The second kappa shape index (κ2) is 4.07. The summed E-state index contributed by atoms with van der Waals surface area (Å²) < 4.78 is 0. The van der Waals surface area contributed by atoms with Gasteiger partial charge in [-0.1, -0.05) is 23.2 Å². The second-order valence-corrected chi connectivity index (χ2v) is 3.20. The van der Waals surface area contributed by atoms with E-state index in [1.165, 1.54) is 12.1 Å². The fourth-order valence-electron chi connectivity index (χ4n) is 0.903. The van der Waals surface area contributed by atoms with Crippen molar-refractivity contribution in [2.45, 2.75) is 6.29 Å². The van der Waals surface area contributed by atoms with E-state index in [0.29, 0.717) is 6.29 Å². The Labute approximate surface area is 84.5 Å². The van der Waals surface area contributed by atoms with E-state index in [1.807, 2.05) is 0 Å². The molecule has 0 aromatic heterocycles. The molecule has 0 saturated carbocycles. The van der Waals surface area contributed by atoms with Crippen molar-refractivity contribution in [2.75, 3.05) is 0 Å². The highest BCUT2D eigenvalue weighted by molar-refractivity contribution is 6.42. The Morgan fingerprint density at radius 2 is 1.77 bits per heavy atom. The molecule has 1 aromatic rings. The van der Waals surface area contributed by atoms with E-state index in [0.717, 1.165) is 0 Å². The fraction of sp³-hybridized carbons (Fsp3) is 0.125. The second-order valence-electron chi connectivity index (χ2n) is 2.39. The molecule has 13 heavy (non-hydrogen) atoms. The molecule has 0 aliphatic rings. The van der Waals surface area contributed by atoms with Gasteiger partial charge in [0, 0.05) is 11.1 Å². The molecule has 0 heterocycles. The highest BCUT2D eigenvalue weighted by Gasteiger charge is 2.11. The number of hydrogen-bond donors (Lipinski definition) is 2. The quantitative estimate of drug-likeness (QED) is 0.591. The third-order valence-corrected chi connectivity index (χ3v) is 2.25. The van der Waals surface area contributed by atoms with Crippen molar-refractivity contribution in [2.24, 2.45) is 0 Å². The van der Waals surface area contributed by atoms with Gasteiger partial charge in [0.1, 0.15) is 0 Å². The van der Waals surface area contributed by atoms with Crippen molar-refractivity contribution < 1.29 is 15.0 Å². The van der Waals surface area contributed by atoms with Crippen LogP contribution in [0, 0.1) is 0 Å². The van der Waals surface area contributed by atoms with Crippen LogP contribution in [0.5, 0.6) is 0 Å². The van der Waals surface area contributed by atoms with E-state index < -0.39 is 6.29 Å². The molecule has 5 heteroatoms. The first-order valence-corrected chi connectivity index (χ1v) is 4.12. The van der Waals surface area contributed by atoms with Crippen molar-refractivity contribution in [3.63, 3.8) is 0 Å². The summed E-state index contributed by atoms with van der Waals surface area (Å²) in [5.41, 5.74) is 0.161. The Balaban J connectivity index is 3.32. The maximum atomic E-state index is 10.5. The summed E-state index contributed by atoms with van der Waals surface area (Å²) in [7, 11) is 0. The molecule has 0 aliphatic carbocycles. The molecule has 0 aliphatic heterocycles. The van der Waals surface area contributed by atoms with Crippen LogP contribution in [0.2, 0.25) is 10.0 Å². The predicted molar refractivity (Wildman–Crippen MR) is 49.0 cm³/mol. The lowest BCUT2D eigenvalue weighted by Crippen LogP contribution is -2.00. The molecule has 3 nitrogen and oxygen atoms in total. The fourth-order valence-corrected chi connectivity index (χ4v) is 1.25. The first kappa shape index (κ1) is 10.5. The lowest BCUT2D eigenvalue weighted by Gasteiger charge is -2.08. The maximum Gasteiger partial charge on any atom is 0.179 e. The van der Waals surface area contributed by atoms with Gasteiger partial charge < -0.3 is 10.2 Å². The number of halogens is 2. The molecule has 1 rings (SSSR count). The molecule has 0 fully saturated rings. The van der Waals surface area contributed by atoms with E-state index >= 15 is 0 Å². The van der Waals surface area contributed by atoms with Crippen LogP contribution in [0.15, 0.2) is 12.1 Å². The molecule has 0 saturated heterocycles. The first-order valence-electron chi connectivity index (χ1n) is 3.36. The van der Waals surface area contributed by atoms with E-state index in [-0.39, 0.29) is 21.2 Å². The Morgan fingerprint density at radius 3 is 2.23 bits per heavy atom. The minimum absolute atomic E-state index is 0.0457. The van der Waals surface area contributed by atoms with Crippen LogP contribution in [-0.4, -0.2) is 16.5 Å². The number of aldehydes is 1. The van der Waals surface area contributed by atoms with Crippen molar-refractivity contribution in [1.82, 2.24) is 0 Å². The average Bonchev–Trinajstić information content (AvgIpc) is 2.08. The van der Waals surface area contributed by atoms with Crippen LogP contribution in [0.1, 0.15) is 22.2 Å². The minimum Gasteiger partial charge on any atom is -0.364 e. The highest BCUT2D eigenvalue weighted by Crippen LogP contribution is 2.27. The minimum atomic E-state index is -1.73. The molecule has 0 unspecified atom stereocenters. The Hall–Kier alpha value is -0.610. The summed E-state index contributed by atoms with van der Waals surface area (Å²) in [5.74, 6) is 0. The van der Waals surface area contributed by atoms with Crippen molar-refractivity contribution >= 4 is 29.5 Å². The van der Waals surface area contributed by atoms with Crippen LogP contribution >= 0.6 is 23.2 Å². The Kier molecular flexibility index (Phi) is 3.27. The van der Waals surface area contributed by atoms with Crippen LogP contribution < -0.4 is 0 Å².